The molecule has 0 amide bonds. The molecule has 2 heterocycles. The molecule has 1 saturated heterocycles. The Kier molecular flexibility index (Phi) is 5.08. The third-order valence-corrected chi connectivity index (χ3v) is 2.93. The van der Waals surface area contributed by atoms with Crippen LogP contribution in [0.4, 0.5) is 0 Å². The van der Waals surface area contributed by atoms with E-state index in [0.717, 1.165) is 44.2 Å². The molecule has 1 aliphatic heterocycles. The zero-order valence-corrected chi connectivity index (χ0v) is 10.8. The molecule has 5 heteroatoms. The fourth-order valence-corrected chi connectivity index (χ4v) is 1.88. The molecule has 0 aliphatic carbocycles. The zero-order chi connectivity index (χ0) is 12.6. The van der Waals surface area contributed by atoms with Gasteiger partial charge in [0.1, 0.15) is 0 Å². The highest BCUT2D eigenvalue weighted by atomic mass is 16.5. The van der Waals surface area contributed by atoms with Gasteiger partial charge in [-0.15, -0.1) is 0 Å². The minimum atomic E-state index is 0.600. The van der Waals surface area contributed by atoms with Gasteiger partial charge in [-0.05, 0) is 19.4 Å². The minimum Gasteiger partial charge on any atom is -0.472 e. The average Bonchev–Trinajstić information content (AvgIpc) is 3.05. The SMILES string of the molecule is CCNC(=NCc1ccoc1)NCC1CCOC1. The normalized spacial score (nSPS) is 20.1. The lowest BCUT2D eigenvalue weighted by Crippen LogP contribution is -2.39. The summed E-state index contributed by atoms with van der Waals surface area (Å²) >= 11 is 0. The van der Waals surface area contributed by atoms with E-state index >= 15 is 0 Å². The Morgan fingerprint density at radius 2 is 2.44 bits per heavy atom. The van der Waals surface area contributed by atoms with E-state index in [9.17, 15) is 0 Å². The van der Waals surface area contributed by atoms with Crippen molar-refractivity contribution in [2.45, 2.75) is 19.9 Å². The first-order valence-electron chi connectivity index (χ1n) is 6.49. The second kappa shape index (κ2) is 7.06. The number of rotatable bonds is 5. The van der Waals surface area contributed by atoms with Gasteiger partial charge in [0.15, 0.2) is 5.96 Å². The number of nitrogens with zero attached hydrogens (tertiary/aromatic N) is 1. The van der Waals surface area contributed by atoms with E-state index in [2.05, 4.69) is 22.5 Å². The lowest BCUT2D eigenvalue weighted by molar-refractivity contribution is 0.186. The molecule has 1 aromatic rings. The summed E-state index contributed by atoms with van der Waals surface area (Å²) in [4.78, 5) is 4.51. The molecule has 1 fully saturated rings. The monoisotopic (exact) mass is 251 g/mol. The first kappa shape index (κ1) is 13.0. The van der Waals surface area contributed by atoms with Gasteiger partial charge in [0.05, 0.1) is 25.7 Å². The van der Waals surface area contributed by atoms with Gasteiger partial charge < -0.3 is 19.8 Å². The predicted molar refractivity (Wildman–Crippen MR) is 70.5 cm³/mol. The fourth-order valence-electron chi connectivity index (χ4n) is 1.88. The van der Waals surface area contributed by atoms with E-state index in [1.807, 2.05) is 6.07 Å². The number of hydrogen-bond donors (Lipinski definition) is 2. The molecule has 1 unspecified atom stereocenters. The van der Waals surface area contributed by atoms with E-state index in [-0.39, 0.29) is 0 Å². The molecular weight excluding hydrogens is 230 g/mol. The topological polar surface area (TPSA) is 58.8 Å². The maximum atomic E-state index is 5.36. The van der Waals surface area contributed by atoms with Crippen LogP contribution >= 0.6 is 0 Å². The quantitative estimate of drug-likeness (QED) is 0.613. The number of aliphatic imine (C=N–C) groups is 1. The summed E-state index contributed by atoms with van der Waals surface area (Å²) < 4.78 is 10.4. The summed E-state index contributed by atoms with van der Waals surface area (Å²) in [6.07, 6.45) is 4.52. The lowest BCUT2D eigenvalue weighted by atomic mass is 10.1. The van der Waals surface area contributed by atoms with Gasteiger partial charge >= 0.3 is 0 Å². The first-order valence-corrected chi connectivity index (χ1v) is 6.49. The Hall–Kier alpha value is -1.49. The lowest BCUT2D eigenvalue weighted by Gasteiger charge is -2.13. The maximum Gasteiger partial charge on any atom is 0.191 e. The van der Waals surface area contributed by atoms with Crippen LogP contribution in [0.15, 0.2) is 28.0 Å². The molecule has 2 N–H and O–H groups in total. The van der Waals surface area contributed by atoms with Crippen LogP contribution in [0.25, 0.3) is 0 Å². The van der Waals surface area contributed by atoms with Gasteiger partial charge in [-0.1, -0.05) is 0 Å². The van der Waals surface area contributed by atoms with Crippen molar-refractivity contribution in [3.63, 3.8) is 0 Å². The zero-order valence-electron chi connectivity index (χ0n) is 10.8. The molecule has 100 valence electrons. The predicted octanol–water partition coefficient (Wildman–Crippen LogP) is 1.37. The molecular formula is C13H21N3O2. The Morgan fingerprint density at radius 1 is 1.50 bits per heavy atom. The van der Waals surface area contributed by atoms with Crippen molar-refractivity contribution in [2.75, 3.05) is 26.3 Å². The van der Waals surface area contributed by atoms with Crippen molar-refractivity contribution < 1.29 is 9.15 Å². The van der Waals surface area contributed by atoms with Crippen molar-refractivity contribution in [2.24, 2.45) is 10.9 Å². The molecule has 5 nitrogen and oxygen atoms in total. The average molecular weight is 251 g/mol. The Labute approximate surface area is 108 Å². The van der Waals surface area contributed by atoms with Gasteiger partial charge in [0, 0.05) is 31.2 Å². The highest BCUT2D eigenvalue weighted by Gasteiger charge is 2.15. The summed E-state index contributed by atoms with van der Waals surface area (Å²) in [5.74, 6) is 1.45. The molecule has 0 spiro atoms. The Morgan fingerprint density at radius 3 is 3.11 bits per heavy atom. The van der Waals surface area contributed by atoms with Crippen LogP contribution in [0.1, 0.15) is 18.9 Å². The van der Waals surface area contributed by atoms with Crippen LogP contribution in [0.5, 0.6) is 0 Å². The largest absolute Gasteiger partial charge is 0.472 e. The number of furan rings is 1. The van der Waals surface area contributed by atoms with Gasteiger partial charge in [0.2, 0.25) is 0 Å². The molecule has 18 heavy (non-hydrogen) atoms. The third kappa shape index (κ3) is 4.07. The molecule has 0 saturated carbocycles. The Balaban J connectivity index is 1.80. The third-order valence-electron chi connectivity index (χ3n) is 2.93. The van der Waals surface area contributed by atoms with E-state index in [1.54, 1.807) is 12.5 Å². The fraction of sp³-hybridized carbons (Fsp3) is 0.615. The van der Waals surface area contributed by atoms with Crippen molar-refractivity contribution >= 4 is 5.96 Å². The van der Waals surface area contributed by atoms with Gasteiger partial charge in [-0.3, -0.25) is 0 Å². The molecule has 2 rings (SSSR count). The number of hydrogen-bond acceptors (Lipinski definition) is 3. The molecule has 0 radical (unpaired) electrons. The van der Waals surface area contributed by atoms with Crippen LogP contribution in [0.3, 0.4) is 0 Å². The summed E-state index contributed by atoms with van der Waals surface area (Å²) in [5, 5.41) is 6.59. The summed E-state index contributed by atoms with van der Waals surface area (Å²) in [6.45, 7) is 6.21. The maximum absolute atomic E-state index is 5.36. The summed E-state index contributed by atoms with van der Waals surface area (Å²) in [6, 6.07) is 1.93. The smallest absolute Gasteiger partial charge is 0.191 e. The van der Waals surface area contributed by atoms with Crippen molar-refractivity contribution in [1.29, 1.82) is 0 Å². The summed E-state index contributed by atoms with van der Waals surface area (Å²) in [7, 11) is 0. The number of guanidine groups is 1. The van der Waals surface area contributed by atoms with Crippen LogP contribution in [0.2, 0.25) is 0 Å². The van der Waals surface area contributed by atoms with E-state index in [0.29, 0.717) is 12.5 Å². The standard InChI is InChI=1S/C13H21N3O2/c1-2-14-13(15-7-11-3-5-17-9-11)16-8-12-4-6-18-10-12/h3,5,9,12H,2,4,6-8,10H2,1H3,(H2,14,15,16). The van der Waals surface area contributed by atoms with Gasteiger partial charge in [-0.2, -0.15) is 0 Å². The number of ether oxygens (including phenoxy) is 1. The van der Waals surface area contributed by atoms with Crippen molar-refractivity contribution in [1.82, 2.24) is 10.6 Å². The van der Waals surface area contributed by atoms with E-state index in [1.165, 1.54) is 0 Å². The molecule has 0 aromatic carbocycles. The van der Waals surface area contributed by atoms with Crippen molar-refractivity contribution in [3.8, 4) is 0 Å². The first-order chi connectivity index (χ1) is 8.88. The van der Waals surface area contributed by atoms with Crippen LogP contribution in [-0.2, 0) is 11.3 Å². The highest BCUT2D eigenvalue weighted by molar-refractivity contribution is 5.79. The number of nitrogens with one attached hydrogen (secondary N) is 2. The molecule has 1 aromatic heterocycles. The highest BCUT2D eigenvalue weighted by Crippen LogP contribution is 2.10. The minimum absolute atomic E-state index is 0.600. The summed E-state index contributed by atoms with van der Waals surface area (Å²) in [5.41, 5.74) is 1.08. The van der Waals surface area contributed by atoms with Crippen LogP contribution in [-0.4, -0.2) is 32.3 Å². The molecule has 1 aliphatic rings. The van der Waals surface area contributed by atoms with Gasteiger partial charge in [-0.25, -0.2) is 4.99 Å². The van der Waals surface area contributed by atoms with E-state index < -0.39 is 0 Å². The van der Waals surface area contributed by atoms with Crippen molar-refractivity contribution in [3.05, 3.63) is 24.2 Å². The van der Waals surface area contributed by atoms with E-state index in [4.69, 9.17) is 9.15 Å². The molecule has 1 atom stereocenters. The van der Waals surface area contributed by atoms with Gasteiger partial charge in [0.25, 0.3) is 0 Å². The Bertz CT molecular complexity index is 356. The second-order valence-corrected chi connectivity index (χ2v) is 4.44. The second-order valence-electron chi connectivity index (χ2n) is 4.44. The molecule has 0 bridgehead atoms. The van der Waals surface area contributed by atoms with Crippen LogP contribution < -0.4 is 10.6 Å². The van der Waals surface area contributed by atoms with Crippen LogP contribution in [0, 0.1) is 5.92 Å².